The highest BCUT2D eigenvalue weighted by molar-refractivity contribution is 7.89. The zero-order valence-corrected chi connectivity index (χ0v) is 15.7. The summed E-state index contributed by atoms with van der Waals surface area (Å²) in [4.78, 5) is 7.23. The van der Waals surface area contributed by atoms with Gasteiger partial charge in [0.25, 0.3) is 0 Å². The first kappa shape index (κ1) is 18.8. The van der Waals surface area contributed by atoms with Gasteiger partial charge in [0, 0.05) is 51.9 Å². The zero-order chi connectivity index (χ0) is 18.0. The molecule has 2 aliphatic rings. The predicted octanol–water partition coefficient (Wildman–Crippen LogP) is -0.613. The molecule has 2 heterocycles. The lowest BCUT2D eigenvalue weighted by molar-refractivity contribution is 0.0512. The first-order chi connectivity index (χ1) is 11.9. The topological polar surface area (TPSA) is 76.1 Å². The number of hydrogen-bond donors (Lipinski definition) is 2. The molecule has 140 valence electrons. The van der Waals surface area contributed by atoms with Crippen LogP contribution in [-0.4, -0.2) is 93.7 Å². The van der Waals surface area contributed by atoms with Gasteiger partial charge in [0.1, 0.15) is 0 Å². The molecule has 2 N–H and O–H groups in total. The van der Waals surface area contributed by atoms with E-state index in [4.69, 9.17) is 0 Å². The number of likely N-dealkylation sites (N-methyl/N-ethyl adjacent to an activating group) is 1. The van der Waals surface area contributed by atoms with Crippen molar-refractivity contribution in [2.45, 2.75) is 23.6 Å². The van der Waals surface area contributed by atoms with E-state index in [1.807, 2.05) is 12.1 Å². The van der Waals surface area contributed by atoms with Crippen molar-refractivity contribution < 1.29 is 13.5 Å². The lowest BCUT2D eigenvalue weighted by Gasteiger charge is -2.37. The van der Waals surface area contributed by atoms with Crippen LogP contribution in [0.25, 0.3) is 0 Å². The molecule has 7 nitrogen and oxygen atoms in total. The van der Waals surface area contributed by atoms with Crippen molar-refractivity contribution in [2.24, 2.45) is 0 Å². The van der Waals surface area contributed by atoms with Gasteiger partial charge in [0.2, 0.25) is 10.0 Å². The lowest BCUT2D eigenvalue weighted by Crippen LogP contribution is -2.52. The van der Waals surface area contributed by atoms with Crippen LogP contribution in [0.2, 0.25) is 0 Å². The summed E-state index contributed by atoms with van der Waals surface area (Å²) in [6, 6.07) is 7.15. The predicted molar refractivity (Wildman–Crippen MR) is 96.8 cm³/mol. The Morgan fingerprint density at radius 1 is 1.12 bits per heavy atom. The summed E-state index contributed by atoms with van der Waals surface area (Å²) < 4.78 is 25.9. The van der Waals surface area contributed by atoms with E-state index in [1.54, 1.807) is 12.1 Å². The van der Waals surface area contributed by atoms with Crippen molar-refractivity contribution in [1.82, 2.24) is 19.4 Å². The lowest BCUT2D eigenvalue weighted by atomic mass is 10.1. The molecule has 0 amide bonds. The second kappa shape index (κ2) is 7.69. The van der Waals surface area contributed by atoms with Crippen LogP contribution in [-0.2, 0) is 16.6 Å². The van der Waals surface area contributed by atoms with Crippen molar-refractivity contribution in [3.8, 4) is 0 Å². The number of nitrogens with zero attached hydrogens (tertiary/aromatic N) is 3. The number of hydrogen-bond acceptors (Lipinski definition) is 6. The third kappa shape index (κ3) is 4.39. The molecule has 2 fully saturated rings. The minimum atomic E-state index is -3.39. The van der Waals surface area contributed by atoms with Gasteiger partial charge in [-0.25, -0.2) is 13.1 Å². The maximum Gasteiger partial charge on any atom is 0.240 e. The minimum Gasteiger partial charge on any atom is -0.390 e. The van der Waals surface area contributed by atoms with Gasteiger partial charge in [0.15, 0.2) is 0 Å². The Balaban J connectivity index is 1.59. The van der Waals surface area contributed by atoms with Crippen LogP contribution < -0.4 is 4.72 Å². The molecule has 3 rings (SSSR count). The second-order valence-electron chi connectivity index (χ2n) is 7.02. The monoisotopic (exact) mass is 368 g/mol. The quantitative estimate of drug-likeness (QED) is 0.722. The molecular formula is C17H28N4O3S. The largest absolute Gasteiger partial charge is 0.390 e. The highest BCUT2D eigenvalue weighted by Gasteiger charge is 2.36. The Morgan fingerprint density at radius 3 is 2.36 bits per heavy atom. The van der Waals surface area contributed by atoms with Crippen LogP contribution in [0.1, 0.15) is 5.56 Å². The molecular weight excluding hydrogens is 340 g/mol. The molecule has 0 aliphatic carbocycles. The summed E-state index contributed by atoms with van der Waals surface area (Å²) in [5.74, 6) is 0. The van der Waals surface area contributed by atoms with Crippen LogP contribution in [0.3, 0.4) is 0 Å². The van der Waals surface area contributed by atoms with Gasteiger partial charge in [-0.1, -0.05) is 12.1 Å². The number of sulfonamides is 1. The Hall–Kier alpha value is -1.03. The molecule has 0 bridgehead atoms. The highest BCUT2D eigenvalue weighted by atomic mass is 32.2. The molecule has 0 radical (unpaired) electrons. The van der Waals surface area contributed by atoms with E-state index in [-0.39, 0.29) is 17.0 Å². The number of rotatable bonds is 5. The van der Waals surface area contributed by atoms with Gasteiger partial charge < -0.3 is 10.0 Å². The Bertz CT molecular complexity index is 672. The SMILES string of the molecule is CNS(=O)(=O)c1ccc(CN2C[C@H](O)[C@@H](N3CCN(C)CC3)C2)cc1. The van der Waals surface area contributed by atoms with Crippen molar-refractivity contribution >= 4 is 10.0 Å². The van der Waals surface area contributed by atoms with Crippen LogP contribution in [0, 0.1) is 0 Å². The summed E-state index contributed by atoms with van der Waals surface area (Å²) in [5.41, 5.74) is 1.06. The molecule has 0 aromatic heterocycles. The third-order valence-electron chi connectivity index (χ3n) is 5.25. The number of piperazine rings is 1. The first-order valence-electron chi connectivity index (χ1n) is 8.74. The van der Waals surface area contributed by atoms with Gasteiger partial charge in [-0.15, -0.1) is 0 Å². The normalized spacial score (nSPS) is 27.0. The fraction of sp³-hybridized carbons (Fsp3) is 0.647. The van der Waals surface area contributed by atoms with Crippen molar-refractivity contribution in [3.05, 3.63) is 29.8 Å². The van der Waals surface area contributed by atoms with Gasteiger partial charge in [0.05, 0.1) is 11.0 Å². The number of aliphatic hydroxyl groups excluding tert-OH is 1. The van der Waals surface area contributed by atoms with Gasteiger partial charge in [-0.05, 0) is 31.8 Å². The van der Waals surface area contributed by atoms with E-state index >= 15 is 0 Å². The molecule has 1 aromatic rings. The Kier molecular flexibility index (Phi) is 5.77. The molecule has 2 atom stereocenters. The van der Waals surface area contributed by atoms with Crippen LogP contribution in [0.15, 0.2) is 29.2 Å². The van der Waals surface area contributed by atoms with Crippen molar-refractivity contribution in [3.63, 3.8) is 0 Å². The van der Waals surface area contributed by atoms with Gasteiger partial charge >= 0.3 is 0 Å². The number of aliphatic hydroxyl groups is 1. The Morgan fingerprint density at radius 2 is 1.76 bits per heavy atom. The maximum absolute atomic E-state index is 11.8. The van der Waals surface area contributed by atoms with Crippen molar-refractivity contribution in [1.29, 1.82) is 0 Å². The molecule has 1 aromatic carbocycles. The van der Waals surface area contributed by atoms with E-state index in [2.05, 4.69) is 26.5 Å². The molecule has 2 saturated heterocycles. The van der Waals surface area contributed by atoms with E-state index in [1.165, 1.54) is 7.05 Å². The van der Waals surface area contributed by atoms with Crippen LogP contribution in [0.5, 0.6) is 0 Å². The summed E-state index contributed by atoms with van der Waals surface area (Å²) in [5, 5.41) is 10.5. The number of β-amino-alcohol motifs (C(OH)–C–C–N with tert-alkyl or cyclic N) is 1. The molecule has 0 saturated carbocycles. The Labute approximate surface area is 150 Å². The average molecular weight is 369 g/mol. The van der Waals surface area contributed by atoms with Gasteiger partial charge in [-0.3, -0.25) is 9.80 Å². The number of likely N-dealkylation sites (tertiary alicyclic amines) is 1. The third-order valence-corrected chi connectivity index (χ3v) is 6.68. The molecule has 2 aliphatic heterocycles. The maximum atomic E-state index is 11.8. The number of nitrogens with one attached hydrogen (secondary N) is 1. The average Bonchev–Trinajstić information content (AvgIpc) is 2.96. The van der Waals surface area contributed by atoms with E-state index in [0.717, 1.165) is 44.8 Å². The summed E-state index contributed by atoms with van der Waals surface area (Å²) in [6.45, 7) is 6.33. The zero-order valence-electron chi connectivity index (χ0n) is 14.9. The number of benzene rings is 1. The summed E-state index contributed by atoms with van der Waals surface area (Å²) in [7, 11) is 0.149. The van der Waals surface area contributed by atoms with Crippen LogP contribution >= 0.6 is 0 Å². The molecule has 0 unspecified atom stereocenters. The fourth-order valence-corrected chi connectivity index (χ4v) is 4.37. The fourth-order valence-electron chi connectivity index (χ4n) is 3.64. The molecule has 0 spiro atoms. The summed E-state index contributed by atoms with van der Waals surface area (Å²) in [6.07, 6.45) is -0.327. The standard InChI is InChI=1S/C17H28N4O3S/c1-18-25(23,24)15-5-3-14(4-6-15)11-20-12-16(17(22)13-20)21-9-7-19(2)8-10-21/h3-6,16-18,22H,7-13H2,1-2H3/t16-,17-/m0/s1. The highest BCUT2D eigenvalue weighted by Crippen LogP contribution is 2.20. The molecule has 25 heavy (non-hydrogen) atoms. The smallest absolute Gasteiger partial charge is 0.240 e. The van der Waals surface area contributed by atoms with E-state index in [0.29, 0.717) is 6.54 Å². The summed E-state index contributed by atoms with van der Waals surface area (Å²) >= 11 is 0. The van der Waals surface area contributed by atoms with E-state index < -0.39 is 10.0 Å². The van der Waals surface area contributed by atoms with Gasteiger partial charge in [-0.2, -0.15) is 0 Å². The van der Waals surface area contributed by atoms with Crippen molar-refractivity contribution in [2.75, 3.05) is 53.4 Å². The van der Waals surface area contributed by atoms with Crippen LogP contribution in [0.4, 0.5) is 0 Å². The first-order valence-corrected chi connectivity index (χ1v) is 10.2. The second-order valence-corrected chi connectivity index (χ2v) is 8.91. The van der Waals surface area contributed by atoms with E-state index in [9.17, 15) is 13.5 Å². The molecule has 8 heteroatoms. The minimum absolute atomic E-state index is 0.192.